The molecule has 0 amide bonds. The molecule has 0 fully saturated rings. The zero-order valence-corrected chi connectivity index (χ0v) is 12.6. The Morgan fingerprint density at radius 2 is 2.00 bits per heavy atom. The Hall–Kier alpha value is -0.910. The second kappa shape index (κ2) is 5.61. The van der Waals surface area contributed by atoms with Crippen LogP contribution in [0.4, 0.5) is 0 Å². The van der Waals surface area contributed by atoms with Gasteiger partial charge in [0.2, 0.25) is 10.0 Å². The molecule has 0 bridgehead atoms. The number of hydrogen-bond donors (Lipinski definition) is 1. The Morgan fingerprint density at radius 1 is 1.32 bits per heavy atom. The van der Waals surface area contributed by atoms with E-state index in [4.69, 9.17) is 0 Å². The molecular weight excluding hydrogens is 260 g/mol. The first-order chi connectivity index (χ1) is 8.95. The van der Waals surface area contributed by atoms with Gasteiger partial charge in [-0.3, -0.25) is 0 Å². The van der Waals surface area contributed by atoms with Gasteiger partial charge in [0.05, 0.1) is 4.90 Å². The SMILES string of the molecule is CCC(C)CN(C)S(=O)(=O)c1ccc2c(c1)CNC2. The van der Waals surface area contributed by atoms with Gasteiger partial charge >= 0.3 is 0 Å². The molecule has 0 aromatic heterocycles. The topological polar surface area (TPSA) is 49.4 Å². The lowest BCUT2D eigenvalue weighted by molar-refractivity contribution is 0.393. The molecule has 1 aromatic carbocycles. The van der Waals surface area contributed by atoms with E-state index in [1.165, 1.54) is 9.87 Å². The molecule has 2 rings (SSSR count). The molecule has 1 aromatic rings. The van der Waals surface area contributed by atoms with E-state index >= 15 is 0 Å². The number of nitrogens with zero attached hydrogens (tertiary/aromatic N) is 1. The highest BCUT2D eigenvalue weighted by atomic mass is 32.2. The van der Waals surface area contributed by atoms with Crippen LogP contribution in [0.15, 0.2) is 23.1 Å². The maximum absolute atomic E-state index is 12.5. The van der Waals surface area contributed by atoms with Gasteiger partial charge in [0.25, 0.3) is 0 Å². The Kier molecular flexibility index (Phi) is 4.28. The first-order valence-electron chi connectivity index (χ1n) is 6.74. The summed E-state index contributed by atoms with van der Waals surface area (Å²) in [6.45, 7) is 6.30. The van der Waals surface area contributed by atoms with Crippen molar-refractivity contribution in [2.24, 2.45) is 5.92 Å². The second-order valence-electron chi connectivity index (χ2n) is 5.33. The summed E-state index contributed by atoms with van der Waals surface area (Å²) >= 11 is 0. The van der Waals surface area contributed by atoms with Gasteiger partial charge in [0.1, 0.15) is 0 Å². The van der Waals surface area contributed by atoms with Gasteiger partial charge < -0.3 is 5.32 Å². The van der Waals surface area contributed by atoms with Gasteiger partial charge in [-0.05, 0) is 29.2 Å². The number of nitrogens with one attached hydrogen (secondary N) is 1. The fourth-order valence-corrected chi connectivity index (χ4v) is 3.62. The smallest absolute Gasteiger partial charge is 0.242 e. The molecule has 1 N–H and O–H groups in total. The predicted octanol–water partition coefficient (Wildman–Crippen LogP) is 1.96. The average Bonchev–Trinajstić information content (AvgIpc) is 2.85. The first-order valence-corrected chi connectivity index (χ1v) is 8.18. The maximum Gasteiger partial charge on any atom is 0.242 e. The summed E-state index contributed by atoms with van der Waals surface area (Å²) in [6, 6.07) is 5.44. The van der Waals surface area contributed by atoms with Crippen LogP contribution < -0.4 is 5.32 Å². The van der Waals surface area contributed by atoms with Crippen molar-refractivity contribution in [1.29, 1.82) is 0 Å². The maximum atomic E-state index is 12.5. The van der Waals surface area contributed by atoms with E-state index in [2.05, 4.69) is 19.2 Å². The lowest BCUT2D eigenvalue weighted by Crippen LogP contribution is -2.31. The summed E-state index contributed by atoms with van der Waals surface area (Å²) in [7, 11) is -1.70. The summed E-state index contributed by atoms with van der Waals surface area (Å²) in [5, 5.41) is 3.23. The largest absolute Gasteiger partial charge is 0.309 e. The highest BCUT2D eigenvalue weighted by Crippen LogP contribution is 2.22. The molecule has 5 heteroatoms. The minimum Gasteiger partial charge on any atom is -0.309 e. The minimum atomic E-state index is -3.36. The van der Waals surface area contributed by atoms with Gasteiger partial charge in [-0.2, -0.15) is 0 Å². The molecule has 0 radical (unpaired) electrons. The molecule has 106 valence electrons. The number of fused-ring (bicyclic) bond motifs is 1. The van der Waals surface area contributed by atoms with E-state index in [0.717, 1.165) is 25.1 Å². The van der Waals surface area contributed by atoms with Crippen LogP contribution in [0.2, 0.25) is 0 Å². The Labute approximate surface area is 115 Å². The summed E-state index contributed by atoms with van der Waals surface area (Å²) in [5.74, 6) is 0.371. The monoisotopic (exact) mass is 282 g/mol. The van der Waals surface area contributed by atoms with Crippen LogP contribution >= 0.6 is 0 Å². The molecule has 1 aliphatic heterocycles. The van der Waals surface area contributed by atoms with Gasteiger partial charge in [0.15, 0.2) is 0 Å². The molecule has 0 saturated carbocycles. The van der Waals surface area contributed by atoms with Crippen LogP contribution in [0, 0.1) is 5.92 Å². The highest BCUT2D eigenvalue weighted by molar-refractivity contribution is 7.89. The van der Waals surface area contributed by atoms with E-state index in [-0.39, 0.29) is 0 Å². The van der Waals surface area contributed by atoms with Crippen LogP contribution in [-0.4, -0.2) is 26.3 Å². The molecule has 0 aliphatic carbocycles. The van der Waals surface area contributed by atoms with Crippen molar-refractivity contribution in [2.45, 2.75) is 38.3 Å². The summed E-state index contributed by atoms with van der Waals surface area (Å²) in [4.78, 5) is 0.403. The Bertz CT molecular complexity index is 555. The quantitative estimate of drug-likeness (QED) is 0.898. The summed E-state index contributed by atoms with van der Waals surface area (Å²) in [6.07, 6.45) is 0.980. The first kappa shape index (κ1) is 14.5. The number of hydrogen-bond acceptors (Lipinski definition) is 3. The van der Waals surface area contributed by atoms with Gasteiger partial charge in [-0.25, -0.2) is 12.7 Å². The van der Waals surface area contributed by atoms with Crippen molar-refractivity contribution in [2.75, 3.05) is 13.6 Å². The molecule has 0 saturated heterocycles. The third-order valence-electron chi connectivity index (χ3n) is 3.78. The van der Waals surface area contributed by atoms with E-state index in [9.17, 15) is 8.42 Å². The number of benzene rings is 1. The van der Waals surface area contributed by atoms with Crippen molar-refractivity contribution < 1.29 is 8.42 Å². The fourth-order valence-electron chi connectivity index (χ4n) is 2.28. The lowest BCUT2D eigenvalue weighted by Gasteiger charge is -2.20. The normalized spacial score (nSPS) is 16.6. The Balaban J connectivity index is 2.24. The lowest BCUT2D eigenvalue weighted by atomic mass is 10.1. The summed E-state index contributed by atoms with van der Waals surface area (Å²) in [5.41, 5.74) is 2.29. The fraction of sp³-hybridized carbons (Fsp3) is 0.571. The zero-order chi connectivity index (χ0) is 14.0. The van der Waals surface area contributed by atoms with Crippen molar-refractivity contribution in [3.8, 4) is 0 Å². The van der Waals surface area contributed by atoms with E-state index < -0.39 is 10.0 Å². The Morgan fingerprint density at radius 3 is 2.68 bits per heavy atom. The van der Waals surface area contributed by atoms with Crippen LogP contribution in [0.3, 0.4) is 0 Å². The van der Waals surface area contributed by atoms with Crippen molar-refractivity contribution >= 4 is 10.0 Å². The molecule has 19 heavy (non-hydrogen) atoms. The standard InChI is InChI=1S/C14H22N2O2S/c1-4-11(2)10-16(3)19(17,18)14-6-5-12-8-15-9-13(12)7-14/h5-7,11,15H,4,8-10H2,1-3H3. The number of sulfonamides is 1. The third kappa shape index (κ3) is 2.99. The number of rotatable bonds is 5. The molecule has 1 unspecified atom stereocenters. The average molecular weight is 282 g/mol. The molecule has 1 atom stereocenters. The molecule has 1 heterocycles. The van der Waals surface area contributed by atoms with Crippen molar-refractivity contribution in [3.05, 3.63) is 29.3 Å². The molecule has 1 aliphatic rings. The van der Waals surface area contributed by atoms with Gasteiger partial charge in [-0.1, -0.05) is 26.3 Å². The van der Waals surface area contributed by atoms with E-state index in [0.29, 0.717) is 17.4 Å². The predicted molar refractivity (Wildman–Crippen MR) is 76.3 cm³/mol. The van der Waals surface area contributed by atoms with Gasteiger partial charge in [0, 0.05) is 26.7 Å². The molecule has 0 spiro atoms. The zero-order valence-electron chi connectivity index (χ0n) is 11.8. The van der Waals surface area contributed by atoms with Crippen LogP contribution in [-0.2, 0) is 23.1 Å². The molecular formula is C14H22N2O2S. The van der Waals surface area contributed by atoms with Crippen LogP contribution in [0.1, 0.15) is 31.4 Å². The molecule has 4 nitrogen and oxygen atoms in total. The third-order valence-corrected chi connectivity index (χ3v) is 5.60. The second-order valence-corrected chi connectivity index (χ2v) is 7.38. The van der Waals surface area contributed by atoms with E-state index in [1.54, 1.807) is 19.2 Å². The van der Waals surface area contributed by atoms with Crippen LogP contribution in [0.25, 0.3) is 0 Å². The highest BCUT2D eigenvalue weighted by Gasteiger charge is 2.23. The van der Waals surface area contributed by atoms with Gasteiger partial charge in [-0.15, -0.1) is 0 Å². The summed E-state index contributed by atoms with van der Waals surface area (Å²) < 4.78 is 26.4. The van der Waals surface area contributed by atoms with Crippen LogP contribution in [0.5, 0.6) is 0 Å². The van der Waals surface area contributed by atoms with Crippen molar-refractivity contribution in [1.82, 2.24) is 9.62 Å². The minimum absolute atomic E-state index is 0.371. The van der Waals surface area contributed by atoms with Crippen molar-refractivity contribution in [3.63, 3.8) is 0 Å². The van der Waals surface area contributed by atoms with E-state index in [1.807, 2.05) is 6.07 Å².